The topological polar surface area (TPSA) is 26.3 Å². The van der Waals surface area contributed by atoms with E-state index in [-0.39, 0.29) is 11.2 Å². The number of esters is 1. The van der Waals surface area contributed by atoms with Crippen LogP contribution < -0.4 is 0 Å². The number of carbonyl (C=O) groups is 1. The van der Waals surface area contributed by atoms with Gasteiger partial charge in [-0.1, -0.05) is 0 Å². The molecular formula is C4H6O2S. The van der Waals surface area contributed by atoms with Crippen LogP contribution in [-0.2, 0) is 9.53 Å². The highest BCUT2D eigenvalue weighted by Gasteiger charge is 2.21. The standard InChI is InChI=1S/C4H6O2S/c1-3-4(5)6-2-7-3/h3H,2H2,1H3. The Labute approximate surface area is 46.2 Å². The Hall–Kier alpha value is -0.180. The van der Waals surface area contributed by atoms with Crippen molar-refractivity contribution in [2.75, 3.05) is 5.94 Å². The quantitative estimate of drug-likeness (QED) is 0.436. The fourth-order valence-electron chi connectivity index (χ4n) is 0.380. The number of hydrogen-bond donors (Lipinski definition) is 0. The molecule has 0 saturated carbocycles. The van der Waals surface area contributed by atoms with E-state index in [1.165, 1.54) is 11.8 Å². The second kappa shape index (κ2) is 1.74. The van der Waals surface area contributed by atoms with Crippen LogP contribution in [0.2, 0.25) is 0 Å². The van der Waals surface area contributed by atoms with E-state index in [9.17, 15) is 4.79 Å². The van der Waals surface area contributed by atoms with Gasteiger partial charge in [-0.15, -0.1) is 11.8 Å². The lowest BCUT2D eigenvalue weighted by molar-refractivity contribution is -0.138. The second-order valence-corrected chi connectivity index (χ2v) is 2.67. The highest BCUT2D eigenvalue weighted by molar-refractivity contribution is 8.00. The summed E-state index contributed by atoms with van der Waals surface area (Å²) in [4.78, 5) is 10.3. The van der Waals surface area contributed by atoms with Crippen molar-refractivity contribution in [3.05, 3.63) is 0 Å². The second-order valence-electron chi connectivity index (χ2n) is 1.39. The smallest absolute Gasteiger partial charge is 0.319 e. The van der Waals surface area contributed by atoms with Crippen molar-refractivity contribution in [3.8, 4) is 0 Å². The average Bonchev–Trinajstić information content (AvgIpc) is 1.91. The van der Waals surface area contributed by atoms with Gasteiger partial charge in [-0.2, -0.15) is 0 Å². The van der Waals surface area contributed by atoms with Crippen LogP contribution in [0.15, 0.2) is 0 Å². The van der Waals surface area contributed by atoms with Crippen LogP contribution in [0.1, 0.15) is 6.92 Å². The van der Waals surface area contributed by atoms with Gasteiger partial charge in [0.1, 0.15) is 11.2 Å². The lowest BCUT2D eigenvalue weighted by Crippen LogP contribution is -2.05. The molecule has 1 atom stereocenters. The van der Waals surface area contributed by atoms with Gasteiger partial charge < -0.3 is 4.74 Å². The minimum Gasteiger partial charge on any atom is -0.454 e. The van der Waals surface area contributed by atoms with Gasteiger partial charge >= 0.3 is 5.97 Å². The van der Waals surface area contributed by atoms with Crippen molar-refractivity contribution >= 4 is 17.7 Å². The van der Waals surface area contributed by atoms with Crippen molar-refractivity contribution in [3.63, 3.8) is 0 Å². The largest absolute Gasteiger partial charge is 0.454 e. The van der Waals surface area contributed by atoms with Crippen LogP contribution in [0, 0.1) is 0 Å². The molecule has 1 fully saturated rings. The molecule has 0 radical (unpaired) electrons. The number of ether oxygens (including phenoxy) is 1. The van der Waals surface area contributed by atoms with Crippen LogP contribution in [0.4, 0.5) is 0 Å². The molecule has 1 heterocycles. The van der Waals surface area contributed by atoms with Gasteiger partial charge in [0.25, 0.3) is 0 Å². The molecule has 0 aromatic heterocycles. The maximum Gasteiger partial charge on any atom is 0.319 e. The van der Waals surface area contributed by atoms with Gasteiger partial charge in [-0.25, -0.2) is 0 Å². The molecule has 0 aromatic carbocycles. The van der Waals surface area contributed by atoms with Gasteiger partial charge in [0, 0.05) is 0 Å². The number of rotatable bonds is 0. The Morgan fingerprint density at radius 2 is 2.71 bits per heavy atom. The summed E-state index contributed by atoms with van der Waals surface area (Å²) in [6.07, 6.45) is 0. The molecule has 1 saturated heterocycles. The molecule has 0 bridgehead atoms. The first-order valence-corrected chi connectivity index (χ1v) is 3.14. The molecule has 2 nitrogen and oxygen atoms in total. The van der Waals surface area contributed by atoms with Gasteiger partial charge in [0.15, 0.2) is 0 Å². The van der Waals surface area contributed by atoms with E-state index < -0.39 is 0 Å². The predicted octanol–water partition coefficient (Wildman–Crippen LogP) is 0.622. The van der Waals surface area contributed by atoms with E-state index in [1.54, 1.807) is 0 Å². The van der Waals surface area contributed by atoms with E-state index in [2.05, 4.69) is 4.74 Å². The van der Waals surface area contributed by atoms with E-state index in [4.69, 9.17) is 0 Å². The molecule has 0 aliphatic carbocycles. The van der Waals surface area contributed by atoms with Crippen molar-refractivity contribution in [1.29, 1.82) is 0 Å². The highest BCUT2D eigenvalue weighted by atomic mass is 32.2. The van der Waals surface area contributed by atoms with E-state index in [0.717, 1.165) is 0 Å². The maximum atomic E-state index is 10.3. The molecule has 40 valence electrons. The number of hydrogen-bond acceptors (Lipinski definition) is 3. The summed E-state index contributed by atoms with van der Waals surface area (Å²) in [5.41, 5.74) is 0. The third-order valence-electron chi connectivity index (χ3n) is 0.851. The first kappa shape index (κ1) is 4.97. The molecule has 1 rings (SSSR count). The third kappa shape index (κ3) is 0.881. The number of carbonyl (C=O) groups excluding carboxylic acids is 1. The first-order valence-electron chi connectivity index (χ1n) is 2.09. The normalized spacial score (nSPS) is 30.4. The summed E-state index contributed by atoms with van der Waals surface area (Å²) in [5, 5.41) is 0.0694. The van der Waals surface area contributed by atoms with Crippen LogP contribution in [0.3, 0.4) is 0 Å². The van der Waals surface area contributed by atoms with Crippen molar-refractivity contribution < 1.29 is 9.53 Å². The Morgan fingerprint density at radius 3 is 2.86 bits per heavy atom. The minimum absolute atomic E-state index is 0.0694. The third-order valence-corrected chi connectivity index (χ3v) is 1.80. The fraction of sp³-hybridized carbons (Fsp3) is 0.750. The lowest BCUT2D eigenvalue weighted by Gasteiger charge is -1.87. The molecule has 1 unspecified atom stereocenters. The molecular weight excluding hydrogens is 112 g/mol. The zero-order chi connectivity index (χ0) is 5.28. The Morgan fingerprint density at radius 1 is 2.00 bits per heavy atom. The van der Waals surface area contributed by atoms with E-state index in [1.807, 2.05) is 6.92 Å². The van der Waals surface area contributed by atoms with Crippen molar-refractivity contribution in [2.24, 2.45) is 0 Å². The van der Waals surface area contributed by atoms with Crippen LogP contribution in [0.5, 0.6) is 0 Å². The average molecular weight is 118 g/mol. The summed E-state index contributed by atoms with van der Waals surface area (Å²) in [7, 11) is 0. The van der Waals surface area contributed by atoms with Gasteiger partial charge in [0.05, 0.1) is 0 Å². The molecule has 1 aliphatic rings. The minimum atomic E-state index is -0.0787. The summed E-state index contributed by atoms with van der Waals surface area (Å²) < 4.78 is 4.59. The molecule has 0 aromatic rings. The van der Waals surface area contributed by atoms with Gasteiger partial charge in [0.2, 0.25) is 0 Å². The van der Waals surface area contributed by atoms with Gasteiger partial charge in [-0.3, -0.25) is 4.79 Å². The summed E-state index contributed by atoms with van der Waals surface area (Å²) in [5.74, 6) is 0.463. The van der Waals surface area contributed by atoms with Crippen LogP contribution >= 0.6 is 11.8 Å². The molecule has 0 N–H and O–H groups in total. The summed E-state index contributed by atoms with van der Waals surface area (Å²) >= 11 is 1.53. The summed E-state index contributed by atoms with van der Waals surface area (Å²) in [6, 6.07) is 0. The Balaban J connectivity index is 2.48. The molecule has 1 aliphatic heterocycles. The zero-order valence-corrected chi connectivity index (χ0v) is 4.83. The SMILES string of the molecule is CC1SCOC1=O. The summed E-state index contributed by atoms with van der Waals surface area (Å²) in [6.45, 7) is 1.85. The highest BCUT2D eigenvalue weighted by Crippen LogP contribution is 2.18. The first-order chi connectivity index (χ1) is 3.30. The van der Waals surface area contributed by atoms with Crippen molar-refractivity contribution in [1.82, 2.24) is 0 Å². The zero-order valence-electron chi connectivity index (χ0n) is 4.01. The van der Waals surface area contributed by atoms with Gasteiger partial charge in [-0.05, 0) is 6.92 Å². The molecule has 3 heteroatoms. The Kier molecular flexibility index (Phi) is 1.23. The maximum absolute atomic E-state index is 10.3. The fourth-order valence-corrected chi connectivity index (χ4v) is 0.972. The van der Waals surface area contributed by atoms with E-state index in [0.29, 0.717) is 5.94 Å². The van der Waals surface area contributed by atoms with Crippen LogP contribution in [0.25, 0.3) is 0 Å². The number of cyclic esters (lactones) is 1. The predicted molar refractivity (Wildman–Crippen MR) is 28.0 cm³/mol. The molecule has 7 heavy (non-hydrogen) atoms. The Bertz CT molecular complexity index is 91.7. The van der Waals surface area contributed by atoms with Crippen LogP contribution in [-0.4, -0.2) is 17.2 Å². The molecule has 0 spiro atoms. The van der Waals surface area contributed by atoms with E-state index >= 15 is 0 Å². The number of thioether (sulfide) groups is 1. The molecule has 0 amide bonds. The lowest BCUT2D eigenvalue weighted by atomic mass is 10.5. The van der Waals surface area contributed by atoms with Crippen molar-refractivity contribution in [2.45, 2.75) is 12.2 Å². The monoisotopic (exact) mass is 118 g/mol.